The van der Waals surface area contributed by atoms with Gasteiger partial charge in [0.15, 0.2) is 0 Å². The number of hydrogen-bond donors (Lipinski definition) is 0. The van der Waals surface area contributed by atoms with Gasteiger partial charge in [0, 0.05) is 22.7 Å². The summed E-state index contributed by atoms with van der Waals surface area (Å²) in [6.45, 7) is 0. The van der Waals surface area contributed by atoms with E-state index in [2.05, 4.69) is 10.1 Å². The first-order valence-electron chi connectivity index (χ1n) is 8.85. The molecule has 0 saturated heterocycles. The van der Waals surface area contributed by atoms with Gasteiger partial charge in [-0.15, -0.1) is 0 Å². The molecule has 0 unspecified atom stereocenters. The van der Waals surface area contributed by atoms with Crippen LogP contribution < -0.4 is 5.01 Å². The molecule has 3 aromatic carbocycles. The van der Waals surface area contributed by atoms with Crippen LogP contribution in [0, 0.1) is 15.9 Å². The Labute approximate surface area is 184 Å². The summed E-state index contributed by atoms with van der Waals surface area (Å²) in [6, 6.07) is 16.1. The van der Waals surface area contributed by atoms with Crippen LogP contribution in [-0.4, -0.2) is 22.0 Å². The van der Waals surface area contributed by atoms with Gasteiger partial charge in [-0.3, -0.25) is 14.9 Å². The lowest BCUT2D eigenvalue weighted by molar-refractivity contribution is -0.384. The average Bonchev–Trinajstić information content (AvgIpc) is 3.17. The summed E-state index contributed by atoms with van der Waals surface area (Å²) < 4.78 is 14.1. The van der Waals surface area contributed by atoms with Gasteiger partial charge in [-0.05, 0) is 60.2 Å². The van der Waals surface area contributed by atoms with Crippen molar-refractivity contribution in [2.75, 3.05) is 5.01 Å². The smallest absolute Gasteiger partial charge is 0.267 e. The first-order chi connectivity index (χ1) is 14.9. The maximum atomic E-state index is 13.6. The van der Waals surface area contributed by atoms with E-state index >= 15 is 0 Å². The van der Waals surface area contributed by atoms with Crippen LogP contribution >= 0.6 is 22.9 Å². The van der Waals surface area contributed by atoms with Crippen molar-refractivity contribution in [2.24, 2.45) is 5.10 Å². The number of aromatic nitrogens is 1. The van der Waals surface area contributed by atoms with E-state index in [0.717, 1.165) is 16.3 Å². The molecule has 10 heteroatoms. The number of carbonyl (C=O) groups is 1. The fraction of sp³-hybridized carbons (Fsp3) is 0. The Bertz CT molecular complexity index is 1310. The van der Waals surface area contributed by atoms with Crippen molar-refractivity contribution in [3.63, 3.8) is 0 Å². The molecule has 0 N–H and O–H groups in total. The number of fused-ring (bicyclic) bond motifs is 1. The van der Waals surface area contributed by atoms with Crippen LogP contribution in [0.15, 0.2) is 71.8 Å². The van der Waals surface area contributed by atoms with Gasteiger partial charge < -0.3 is 0 Å². The molecule has 154 valence electrons. The second kappa shape index (κ2) is 8.58. The van der Waals surface area contributed by atoms with E-state index in [1.807, 2.05) is 0 Å². The second-order valence-electron chi connectivity index (χ2n) is 6.33. The first-order valence-corrected chi connectivity index (χ1v) is 10.0. The van der Waals surface area contributed by atoms with E-state index in [-0.39, 0.29) is 10.8 Å². The molecule has 0 spiro atoms. The van der Waals surface area contributed by atoms with E-state index in [0.29, 0.717) is 26.4 Å². The molecule has 0 radical (unpaired) electrons. The summed E-state index contributed by atoms with van der Waals surface area (Å²) >= 11 is 7.02. The molecule has 4 aromatic rings. The fourth-order valence-corrected chi connectivity index (χ4v) is 3.76. The lowest BCUT2D eigenvalue weighted by atomic mass is 10.2. The van der Waals surface area contributed by atoms with Gasteiger partial charge in [0.05, 0.1) is 21.4 Å². The fourth-order valence-electron chi connectivity index (χ4n) is 2.69. The zero-order valence-corrected chi connectivity index (χ0v) is 17.2. The maximum absolute atomic E-state index is 13.6. The first kappa shape index (κ1) is 20.6. The van der Waals surface area contributed by atoms with E-state index in [9.17, 15) is 19.3 Å². The van der Waals surface area contributed by atoms with Gasteiger partial charge in [-0.25, -0.2) is 9.37 Å². The molecule has 4 rings (SSSR count). The van der Waals surface area contributed by atoms with Gasteiger partial charge in [0.1, 0.15) is 5.82 Å². The Kier molecular flexibility index (Phi) is 5.70. The number of amides is 1. The number of benzene rings is 3. The van der Waals surface area contributed by atoms with Crippen molar-refractivity contribution < 1.29 is 14.1 Å². The highest BCUT2D eigenvalue weighted by Crippen LogP contribution is 2.30. The highest BCUT2D eigenvalue weighted by molar-refractivity contribution is 7.22. The lowest BCUT2D eigenvalue weighted by Crippen LogP contribution is -2.25. The Hall–Kier alpha value is -3.69. The number of nitro benzene ring substituents is 1. The minimum absolute atomic E-state index is 0.0561. The van der Waals surface area contributed by atoms with Crippen molar-refractivity contribution in [3.8, 4) is 0 Å². The predicted octanol–water partition coefficient (Wildman–Crippen LogP) is 5.68. The third-order valence-electron chi connectivity index (χ3n) is 4.23. The van der Waals surface area contributed by atoms with Gasteiger partial charge in [-0.2, -0.15) is 10.1 Å². The van der Waals surface area contributed by atoms with Crippen LogP contribution in [0.4, 0.5) is 15.2 Å². The standard InChI is InChI=1S/C21H12ClFN4O3S/c22-15-5-3-14(4-6-15)20(28)26(21-25-18-10-7-16(23)11-19(18)31-21)24-12-13-1-8-17(9-2-13)27(29)30/h1-12H/b24-12+. The monoisotopic (exact) mass is 454 g/mol. The molecular weight excluding hydrogens is 443 g/mol. The topological polar surface area (TPSA) is 88.7 Å². The Morgan fingerprint density at radius 2 is 1.84 bits per heavy atom. The predicted molar refractivity (Wildman–Crippen MR) is 119 cm³/mol. The summed E-state index contributed by atoms with van der Waals surface area (Å²) in [5, 5.41) is 16.9. The molecule has 7 nitrogen and oxygen atoms in total. The number of nitrogens with zero attached hydrogens (tertiary/aromatic N) is 4. The number of halogens is 2. The Morgan fingerprint density at radius 1 is 1.13 bits per heavy atom. The quantitative estimate of drug-likeness (QED) is 0.220. The molecule has 31 heavy (non-hydrogen) atoms. The average molecular weight is 455 g/mol. The SMILES string of the molecule is O=C(c1ccc(Cl)cc1)N(/N=C/c1ccc([N+](=O)[O-])cc1)c1nc2ccc(F)cc2s1. The zero-order chi connectivity index (χ0) is 22.0. The third kappa shape index (κ3) is 4.57. The third-order valence-corrected chi connectivity index (χ3v) is 5.48. The van der Waals surface area contributed by atoms with Crippen molar-refractivity contribution in [1.29, 1.82) is 0 Å². The highest BCUT2D eigenvalue weighted by Gasteiger charge is 2.21. The summed E-state index contributed by atoms with van der Waals surface area (Å²) in [4.78, 5) is 27.8. The molecule has 0 bridgehead atoms. The number of nitro groups is 1. The van der Waals surface area contributed by atoms with Crippen molar-refractivity contribution in [2.45, 2.75) is 0 Å². The Balaban J connectivity index is 1.73. The summed E-state index contributed by atoms with van der Waals surface area (Å²) in [6.07, 6.45) is 1.39. The molecule has 1 amide bonds. The molecule has 0 fully saturated rings. The number of carbonyl (C=O) groups excluding carboxylic acids is 1. The molecule has 0 atom stereocenters. The number of non-ortho nitro benzene ring substituents is 1. The maximum Gasteiger partial charge on any atom is 0.280 e. The number of hydrazone groups is 1. The Morgan fingerprint density at radius 3 is 2.52 bits per heavy atom. The number of rotatable bonds is 5. The largest absolute Gasteiger partial charge is 0.280 e. The van der Waals surface area contributed by atoms with Crippen LogP contribution in [0.2, 0.25) is 5.02 Å². The molecule has 0 aliphatic carbocycles. The van der Waals surface area contributed by atoms with Crippen molar-refractivity contribution >= 4 is 56.1 Å². The van der Waals surface area contributed by atoms with Gasteiger partial charge >= 0.3 is 0 Å². The van der Waals surface area contributed by atoms with Crippen LogP contribution in [0.3, 0.4) is 0 Å². The van der Waals surface area contributed by atoms with Gasteiger partial charge in [-0.1, -0.05) is 22.9 Å². The molecule has 0 aliphatic rings. The number of thiazole rings is 1. The zero-order valence-electron chi connectivity index (χ0n) is 15.6. The van der Waals surface area contributed by atoms with Crippen molar-refractivity contribution in [1.82, 2.24) is 4.98 Å². The molecule has 0 saturated carbocycles. The van der Waals surface area contributed by atoms with Gasteiger partial charge in [0.25, 0.3) is 11.6 Å². The summed E-state index contributed by atoms with van der Waals surface area (Å²) in [5.74, 6) is -0.873. The van der Waals surface area contributed by atoms with Crippen LogP contribution in [0.1, 0.15) is 15.9 Å². The number of anilines is 1. The van der Waals surface area contributed by atoms with Crippen LogP contribution in [0.25, 0.3) is 10.2 Å². The minimum Gasteiger partial charge on any atom is -0.267 e. The van der Waals surface area contributed by atoms with E-state index in [4.69, 9.17) is 11.6 Å². The second-order valence-corrected chi connectivity index (χ2v) is 7.77. The van der Waals surface area contributed by atoms with Gasteiger partial charge in [0.2, 0.25) is 5.13 Å². The minimum atomic E-state index is -0.502. The lowest BCUT2D eigenvalue weighted by Gasteiger charge is -2.13. The van der Waals surface area contributed by atoms with E-state index in [1.165, 1.54) is 48.7 Å². The van der Waals surface area contributed by atoms with Crippen LogP contribution in [-0.2, 0) is 0 Å². The molecular formula is C21H12ClFN4O3S. The molecule has 1 heterocycles. The molecule has 0 aliphatic heterocycles. The molecule has 1 aromatic heterocycles. The normalized spacial score (nSPS) is 11.2. The van der Waals surface area contributed by atoms with Crippen LogP contribution in [0.5, 0.6) is 0 Å². The summed E-state index contributed by atoms with van der Waals surface area (Å²) in [7, 11) is 0. The van der Waals surface area contributed by atoms with E-state index < -0.39 is 16.6 Å². The van der Waals surface area contributed by atoms with E-state index in [1.54, 1.807) is 24.3 Å². The highest BCUT2D eigenvalue weighted by atomic mass is 35.5. The number of hydrogen-bond acceptors (Lipinski definition) is 6. The van der Waals surface area contributed by atoms with Crippen molar-refractivity contribution in [3.05, 3.63) is 98.8 Å². The summed E-state index contributed by atoms with van der Waals surface area (Å²) in [5.41, 5.74) is 1.35.